The van der Waals surface area contributed by atoms with Gasteiger partial charge in [-0.3, -0.25) is 9.35 Å². The van der Waals surface area contributed by atoms with Crippen LogP contribution in [0.5, 0.6) is 0 Å². The minimum atomic E-state index is -4.20. The van der Waals surface area contributed by atoms with Crippen molar-refractivity contribution in [2.75, 3.05) is 39.5 Å². The van der Waals surface area contributed by atoms with Gasteiger partial charge in [0.05, 0.1) is 33.3 Å². The summed E-state index contributed by atoms with van der Waals surface area (Å²) in [5.41, 5.74) is 0. The SMILES string of the molecule is CCCCCC[C@@H](O)C/C=C\CCCCCCCC(=O)NCC[N+](C)(C)CC(O)CS(=O)(=O)O. The van der Waals surface area contributed by atoms with Crippen LogP contribution in [0.25, 0.3) is 0 Å². The highest BCUT2D eigenvalue weighted by Crippen LogP contribution is 2.10. The fourth-order valence-corrected chi connectivity index (χ4v) is 4.51. The van der Waals surface area contributed by atoms with E-state index >= 15 is 0 Å². The number of amides is 1. The van der Waals surface area contributed by atoms with E-state index in [4.69, 9.17) is 4.55 Å². The van der Waals surface area contributed by atoms with Gasteiger partial charge in [0.1, 0.15) is 18.4 Å². The van der Waals surface area contributed by atoms with Crippen molar-refractivity contribution in [3.8, 4) is 0 Å². The average molecular weight is 508 g/mol. The second kappa shape index (κ2) is 19.2. The summed E-state index contributed by atoms with van der Waals surface area (Å²) in [5, 5.41) is 22.6. The number of rotatable bonds is 22. The maximum Gasteiger partial charge on any atom is 0.267 e. The second-order valence-electron chi connectivity index (χ2n) is 10.1. The number of aliphatic hydroxyl groups is 2. The molecule has 0 aliphatic rings. The molecule has 0 spiro atoms. The Kier molecular flexibility index (Phi) is 18.7. The number of hydrogen-bond acceptors (Lipinski definition) is 5. The van der Waals surface area contributed by atoms with E-state index in [1.165, 1.54) is 19.3 Å². The molecule has 0 aliphatic carbocycles. The third kappa shape index (κ3) is 22.8. The Morgan fingerprint density at radius 2 is 1.59 bits per heavy atom. The lowest BCUT2D eigenvalue weighted by molar-refractivity contribution is -0.891. The maximum atomic E-state index is 12.0. The van der Waals surface area contributed by atoms with E-state index in [9.17, 15) is 23.4 Å². The van der Waals surface area contributed by atoms with Crippen LogP contribution in [0.1, 0.15) is 90.4 Å². The molecule has 0 aromatic heterocycles. The van der Waals surface area contributed by atoms with Crippen molar-refractivity contribution in [3.05, 3.63) is 12.2 Å². The summed E-state index contributed by atoms with van der Waals surface area (Å²) in [6.07, 6.45) is 16.2. The molecule has 0 aliphatic heterocycles. The molecule has 0 saturated carbocycles. The van der Waals surface area contributed by atoms with E-state index in [-0.39, 0.29) is 18.6 Å². The molecule has 8 nitrogen and oxygen atoms in total. The van der Waals surface area contributed by atoms with E-state index in [2.05, 4.69) is 24.4 Å². The van der Waals surface area contributed by atoms with Crippen LogP contribution in [0.15, 0.2) is 12.2 Å². The van der Waals surface area contributed by atoms with Gasteiger partial charge < -0.3 is 20.0 Å². The van der Waals surface area contributed by atoms with Crippen LogP contribution in [0, 0.1) is 0 Å². The first-order valence-electron chi connectivity index (χ1n) is 13.0. The van der Waals surface area contributed by atoms with Gasteiger partial charge in [0, 0.05) is 6.42 Å². The Hall–Kier alpha value is -1.00. The standard InChI is InChI=1S/C25H50N2O6S/c1-4-5-6-13-16-23(28)17-14-11-9-7-8-10-12-15-18-25(30)26-19-20-27(2,3)21-24(29)22-34(31,32)33/h11,14,23-24,28-29H,4-10,12-13,15-22H2,1-3H3,(H-,26,30,31,32,33)/p+1/b14-11-/t23-,24?/m1/s1. The predicted molar refractivity (Wildman–Crippen MR) is 138 cm³/mol. The molecule has 0 heterocycles. The van der Waals surface area contributed by atoms with Gasteiger partial charge in [-0.1, -0.05) is 64.0 Å². The summed E-state index contributed by atoms with van der Waals surface area (Å²) in [6.45, 7) is 3.36. The summed E-state index contributed by atoms with van der Waals surface area (Å²) < 4.78 is 30.8. The molecule has 1 amide bonds. The lowest BCUT2D eigenvalue weighted by atomic mass is 10.1. The van der Waals surface area contributed by atoms with E-state index in [1.807, 2.05) is 14.1 Å². The fourth-order valence-electron chi connectivity index (χ4n) is 3.92. The molecule has 0 bridgehead atoms. The smallest absolute Gasteiger partial charge is 0.267 e. The number of carbonyl (C=O) groups is 1. The highest BCUT2D eigenvalue weighted by molar-refractivity contribution is 7.85. The molecule has 9 heteroatoms. The lowest BCUT2D eigenvalue weighted by Crippen LogP contribution is -2.50. The van der Waals surface area contributed by atoms with Gasteiger partial charge in [0.2, 0.25) is 5.91 Å². The third-order valence-electron chi connectivity index (χ3n) is 5.89. The number of nitrogens with zero attached hydrogens (tertiary/aromatic N) is 1. The van der Waals surface area contributed by atoms with Crippen molar-refractivity contribution in [1.82, 2.24) is 5.32 Å². The van der Waals surface area contributed by atoms with Crippen molar-refractivity contribution in [1.29, 1.82) is 0 Å². The molecule has 2 atom stereocenters. The quantitative estimate of drug-likeness (QED) is 0.0770. The van der Waals surface area contributed by atoms with Gasteiger partial charge in [-0.25, -0.2) is 0 Å². The number of hydrogen-bond donors (Lipinski definition) is 4. The summed E-state index contributed by atoms with van der Waals surface area (Å²) in [6, 6.07) is 0. The minimum absolute atomic E-state index is 0.00895. The number of aliphatic hydroxyl groups excluding tert-OH is 2. The monoisotopic (exact) mass is 507 g/mol. The van der Waals surface area contributed by atoms with E-state index in [0.29, 0.717) is 24.0 Å². The second-order valence-corrected chi connectivity index (χ2v) is 11.6. The van der Waals surface area contributed by atoms with Gasteiger partial charge in [-0.05, 0) is 32.1 Å². The van der Waals surface area contributed by atoms with Crippen molar-refractivity contribution < 1.29 is 32.5 Å². The van der Waals surface area contributed by atoms with Crippen molar-refractivity contribution in [3.63, 3.8) is 0 Å². The molecule has 0 aromatic carbocycles. The number of quaternary nitrogens is 1. The molecule has 202 valence electrons. The molecule has 1 unspecified atom stereocenters. The molecule has 0 rings (SSSR count). The van der Waals surface area contributed by atoms with Gasteiger partial charge >= 0.3 is 0 Å². The zero-order chi connectivity index (χ0) is 25.9. The molecule has 4 N–H and O–H groups in total. The normalized spacial score (nSPS) is 14.4. The van der Waals surface area contributed by atoms with E-state index in [1.54, 1.807) is 0 Å². The van der Waals surface area contributed by atoms with Crippen LogP contribution in [0.3, 0.4) is 0 Å². The summed E-state index contributed by atoms with van der Waals surface area (Å²) in [7, 11) is -0.526. The van der Waals surface area contributed by atoms with E-state index < -0.39 is 22.0 Å². The fraction of sp³-hybridized carbons (Fsp3) is 0.880. The molecule has 34 heavy (non-hydrogen) atoms. The predicted octanol–water partition coefficient (Wildman–Crippen LogP) is 3.44. The van der Waals surface area contributed by atoms with Crippen molar-refractivity contribution in [2.45, 2.75) is 103 Å². The van der Waals surface area contributed by atoms with Crippen LogP contribution >= 0.6 is 0 Å². The van der Waals surface area contributed by atoms with E-state index in [0.717, 1.165) is 57.8 Å². The van der Waals surface area contributed by atoms with Gasteiger partial charge in [0.25, 0.3) is 10.1 Å². The van der Waals surface area contributed by atoms with Crippen molar-refractivity contribution >= 4 is 16.0 Å². The first-order chi connectivity index (χ1) is 15.9. The van der Waals surface area contributed by atoms with Crippen LogP contribution in [-0.2, 0) is 14.9 Å². The lowest BCUT2D eigenvalue weighted by Gasteiger charge is -2.31. The Bertz CT molecular complexity index is 652. The Morgan fingerprint density at radius 1 is 0.941 bits per heavy atom. The van der Waals surface area contributed by atoms with Crippen LogP contribution < -0.4 is 5.32 Å². The molecular weight excluding hydrogens is 456 g/mol. The minimum Gasteiger partial charge on any atom is -0.393 e. The number of nitrogens with one attached hydrogen (secondary N) is 1. The van der Waals surface area contributed by atoms with Crippen LogP contribution in [0.2, 0.25) is 0 Å². The molecular formula is C25H51N2O6S+. The molecule has 0 fully saturated rings. The van der Waals surface area contributed by atoms with Crippen LogP contribution in [-0.4, -0.2) is 85.3 Å². The summed E-state index contributed by atoms with van der Waals surface area (Å²) >= 11 is 0. The summed E-state index contributed by atoms with van der Waals surface area (Å²) in [4.78, 5) is 12.0. The molecule has 0 saturated heterocycles. The van der Waals surface area contributed by atoms with Crippen LogP contribution in [0.4, 0.5) is 0 Å². The Balaban J connectivity index is 3.67. The topological polar surface area (TPSA) is 124 Å². The number of carbonyl (C=O) groups excluding carboxylic acids is 1. The highest BCUT2D eigenvalue weighted by atomic mass is 32.2. The van der Waals surface area contributed by atoms with Gasteiger partial charge in [-0.15, -0.1) is 0 Å². The average Bonchev–Trinajstić information content (AvgIpc) is 2.70. The third-order valence-corrected chi connectivity index (χ3v) is 6.69. The molecule has 0 aromatic rings. The van der Waals surface area contributed by atoms with Gasteiger partial charge in [-0.2, -0.15) is 8.42 Å². The van der Waals surface area contributed by atoms with Crippen molar-refractivity contribution in [2.24, 2.45) is 0 Å². The first-order valence-corrected chi connectivity index (χ1v) is 14.6. The number of likely N-dealkylation sites (N-methyl/N-ethyl adjacent to an activating group) is 1. The van der Waals surface area contributed by atoms with Gasteiger partial charge in [0.15, 0.2) is 0 Å². The first kappa shape index (κ1) is 33.0. The zero-order valence-electron chi connectivity index (χ0n) is 21.8. The largest absolute Gasteiger partial charge is 0.393 e. The molecule has 0 radical (unpaired) electrons. The Labute approximate surface area is 208 Å². The number of unbranched alkanes of at least 4 members (excludes halogenated alkanes) is 8. The highest BCUT2D eigenvalue weighted by Gasteiger charge is 2.24. The number of allylic oxidation sites excluding steroid dienone is 1. The summed E-state index contributed by atoms with van der Waals surface area (Å²) in [5.74, 6) is -0.672. The maximum absolute atomic E-state index is 12.0. The zero-order valence-corrected chi connectivity index (χ0v) is 22.6. The Morgan fingerprint density at radius 3 is 2.26 bits per heavy atom.